The number of amides is 1. The lowest BCUT2D eigenvalue weighted by Gasteiger charge is -2.40. The Bertz CT molecular complexity index is 1190. The van der Waals surface area contributed by atoms with Crippen molar-refractivity contribution in [3.63, 3.8) is 0 Å². The summed E-state index contributed by atoms with van der Waals surface area (Å²) in [4.78, 5) is 16.6. The maximum Gasteiger partial charge on any atom is 0.413 e. The number of fused-ring (bicyclic) bond motifs is 2. The Kier molecular flexibility index (Phi) is 7.25. The molecule has 2 aromatic heterocycles. The van der Waals surface area contributed by atoms with Gasteiger partial charge in [0.25, 0.3) is 0 Å². The van der Waals surface area contributed by atoms with Crippen molar-refractivity contribution in [2.45, 2.75) is 109 Å². The fourth-order valence-electron chi connectivity index (χ4n) is 4.51. The third-order valence-corrected chi connectivity index (χ3v) is 11.9. The molecule has 12 heteroatoms. The summed E-state index contributed by atoms with van der Waals surface area (Å²) >= 11 is 0. The number of aliphatic hydroxyl groups excluding tert-OH is 1. The van der Waals surface area contributed by atoms with Crippen LogP contribution in [0.15, 0.2) is 18.5 Å². The normalized spacial score (nSPS) is 27.5. The number of nitrogens with one attached hydrogen (secondary N) is 1. The molecule has 1 amide bonds. The Morgan fingerprint density at radius 2 is 1.84 bits per heavy atom. The monoisotopic (exact) mass is 550 g/mol. The van der Waals surface area contributed by atoms with E-state index in [0.29, 0.717) is 17.0 Å². The molecule has 0 bridgehead atoms. The predicted molar refractivity (Wildman–Crippen MR) is 143 cm³/mol. The minimum Gasteiger partial charge on any atom is -0.444 e. The molecule has 4 heterocycles. The highest BCUT2D eigenvalue weighted by molar-refractivity contribution is 6.74. The summed E-state index contributed by atoms with van der Waals surface area (Å²) in [5.41, 5.74) is -0.549. The standard InChI is InChI=1S/C26H42N4O7Si/c1-23(2,3)37-22(32)29-21-17-12-11-16(30(17)28-15-27-21)18-19-20(36-25(7,8)34-19)26(13-31,35-18)14-33-38(9,10)24(4,5)6/h11-12,15,18-20,31H,13-14H2,1-10H3,(H,27,28,29,32)/t18-,19-,20-,26+/m0/s1. The summed E-state index contributed by atoms with van der Waals surface area (Å²) in [7, 11) is -2.15. The first-order chi connectivity index (χ1) is 17.4. The summed E-state index contributed by atoms with van der Waals surface area (Å²) in [6, 6.07) is 3.65. The topological polar surface area (TPSA) is 126 Å². The van der Waals surface area contributed by atoms with E-state index in [1.165, 1.54) is 6.33 Å². The highest BCUT2D eigenvalue weighted by atomic mass is 28.4. The SMILES string of the molecule is CC(C)(C)OC(=O)Nc1ncnn2c([C@@H]3O[C@](CO)(CO[Si](C)(C)C(C)(C)C)[C@H]4OC(C)(C)O[C@@H]34)ccc12. The van der Waals surface area contributed by atoms with Crippen molar-refractivity contribution in [3.8, 4) is 0 Å². The number of rotatable bonds is 6. The van der Waals surface area contributed by atoms with Crippen molar-refractivity contribution in [1.29, 1.82) is 0 Å². The zero-order valence-electron chi connectivity index (χ0n) is 24.1. The summed E-state index contributed by atoms with van der Waals surface area (Å²) in [6.45, 7) is 19.8. The van der Waals surface area contributed by atoms with Gasteiger partial charge >= 0.3 is 6.09 Å². The van der Waals surface area contributed by atoms with Crippen molar-refractivity contribution in [2.24, 2.45) is 0 Å². The van der Waals surface area contributed by atoms with Crippen molar-refractivity contribution in [1.82, 2.24) is 14.6 Å². The summed E-state index contributed by atoms with van der Waals surface area (Å²) in [5, 5.41) is 17.8. The smallest absolute Gasteiger partial charge is 0.413 e. The molecule has 212 valence electrons. The van der Waals surface area contributed by atoms with Crippen molar-refractivity contribution in [3.05, 3.63) is 24.2 Å². The molecule has 2 aromatic rings. The molecule has 38 heavy (non-hydrogen) atoms. The van der Waals surface area contributed by atoms with Gasteiger partial charge in [0.2, 0.25) is 0 Å². The first kappa shape index (κ1) is 28.9. The zero-order chi connectivity index (χ0) is 28.3. The highest BCUT2D eigenvalue weighted by Gasteiger charge is 2.64. The number of carbonyl (C=O) groups excluding carboxylic acids is 1. The summed E-state index contributed by atoms with van der Waals surface area (Å²) in [6.07, 6.45) is -0.969. The minimum absolute atomic E-state index is 0.0143. The van der Waals surface area contributed by atoms with Gasteiger partial charge in [-0.2, -0.15) is 5.10 Å². The van der Waals surface area contributed by atoms with Gasteiger partial charge < -0.3 is 28.5 Å². The summed E-state index contributed by atoms with van der Waals surface area (Å²) in [5.74, 6) is -0.575. The Morgan fingerprint density at radius 3 is 2.45 bits per heavy atom. The lowest BCUT2D eigenvalue weighted by atomic mass is 9.95. The van der Waals surface area contributed by atoms with Gasteiger partial charge in [-0.25, -0.2) is 14.3 Å². The second-order valence-corrected chi connectivity index (χ2v) is 17.9. The molecule has 2 N–H and O–H groups in total. The van der Waals surface area contributed by atoms with E-state index in [1.807, 2.05) is 19.9 Å². The van der Waals surface area contributed by atoms with Crippen molar-refractivity contribution < 1.29 is 33.3 Å². The molecule has 2 aliphatic heterocycles. The first-order valence-corrected chi connectivity index (χ1v) is 15.9. The largest absolute Gasteiger partial charge is 0.444 e. The fraction of sp³-hybridized carbons (Fsp3) is 0.731. The third kappa shape index (κ3) is 5.47. The van der Waals surface area contributed by atoms with Crippen LogP contribution < -0.4 is 5.32 Å². The molecule has 2 aliphatic rings. The van der Waals surface area contributed by atoms with Crippen LogP contribution >= 0.6 is 0 Å². The van der Waals surface area contributed by atoms with Gasteiger partial charge in [-0.05, 0) is 64.9 Å². The van der Waals surface area contributed by atoms with Crippen LogP contribution in [0, 0.1) is 0 Å². The van der Waals surface area contributed by atoms with Crippen LogP contribution in [-0.4, -0.2) is 76.5 Å². The van der Waals surface area contributed by atoms with Crippen LogP contribution in [0.3, 0.4) is 0 Å². The van der Waals surface area contributed by atoms with E-state index in [9.17, 15) is 9.90 Å². The highest BCUT2D eigenvalue weighted by Crippen LogP contribution is 2.51. The molecular formula is C26H42N4O7Si. The van der Waals surface area contributed by atoms with Crippen molar-refractivity contribution >= 4 is 25.7 Å². The van der Waals surface area contributed by atoms with Gasteiger partial charge in [-0.15, -0.1) is 0 Å². The van der Waals surface area contributed by atoms with Gasteiger partial charge in [0.1, 0.15) is 41.4 Å². The zero-order valence-corrected chi connectivity index (χ0v) is 25.1. The number of ether oxygens (including phenoxy) is 4. The maximum atomic E-state index is 12.4. The lowest BCUT2D eigenvalue weighted by Crippen LogP contribution is -2.54. The van der Waals surface area contributed by atoms with E-state index in [0.717, 1.165) is 0 Å². The molecular weight excluding hydrogens is 508 g/mol. The lowest BCUT2D eigenvalue weighted by molar-refractivity contribution is -0.223. The number of aliphatic hydroxyl groups is 1. The quantitative estimate of drug-likeness (QED) is 0.503. The van der Waals surface area contributed by atoms with Crippen LogP contribution in [0.5, 0.6) is 0 Å². The van der Waals surface area contributed by atoms with Gasteiger partial charge in [-0.1, -0.05) is 20.8 Å². The Balaban J connectivity index is 1.67. The molecule has 0 aromatic carbocycles. The average molecular weight is 551 g/mol. The van der Waals surface area contributed by atoms with Crippen LogP contribution in [0.1, 0.15) is 67.2 Å². The van der Waals surface area contributed by atoms with E-state index < -0.39 is 49.7 Å². The van der Waals surface area contributed by atoms with Gasteiger partial charge in [0.15, 0.2) is 19.9 Å². The van der Waals surface area contributed by atoms with Crippen LogP contribution in [0.4, 0.5) is 10.6 Å². The van der Waals surface area contributed by atoms with Gasteiger partial charge in [-0.3, -0.25) is 5.32 Å². The second-order valence-electron chi connectivity index (χ2n) is 13.1. The Hall–Kier alpha value is -2.09. The van der Waals surface area contributed by atoms with Crippen LogP contribution in [0.25, 0.3) is 5.52 Å². The van der Waals surface area contributed by atoms with E-state index in [2.05, 4.69) is 49.3 Å². The number of aromatic nitrogens is 3. The molecule has 0 spiro atoms. The second kappa shape index (κ2) is 9.53. The van der Waals surface area contributed by atoms with Crippen LogP contribution in [0.2, 0.25) is 18.1 Å². The maximum absolute atomic E-state index is 12.4. The first-order valence-electron chi connectivity index (χ1n) is 13.0. The van der Waals surface area contributed by atoms with Gasteiger partial charge in [0, 0.05) is 0 Å². The van der Waals surface area contributed by atoms with E-state index in [-0.39, 0.29) is 18.3 Å². The van der Waals surface area contributed by atoms with E-state index in [4.69, 9.17) is 23.4 Å². The fourth-order valence-corrected chi connectivity index (χ4v) is 5.55. The number of anilines is 1. The molecule has 2 saturated heterocycles. The third-order valence-electron chi connectivity index (χ3n) is 7.45. The van der Waals surface area contributed by atoms with Gasteiger partial charge in [0.05, 0.1) is 18.9 Å². The number of nitrogens with zero attached hydrogens (tertiary/aromatic N) is 3. The molecule has 0 aliphatic carbocycles. The number of hydrogen-bond acceptors (Lipinski definition) is 9. The molecule has 4 atom stereocenters. The van der Waals surface area contributed by atoms with Crippen molar-refractivity contribution in [2.75, 3.05) is 18.5 Å². The molecule has 0 unspecified atom stereocenters. The predicted octanol–water partition coefficient (Wildman–Crippen LogP) is 4.42. The summed E-state index contributed by atoms with van der Waals surface area (Å²) < 4.78 is 32.8. The molecule has 0 radical (unpaired) electrons. The number of carbonyl (C=O) groups is 1. The van der Waals surface area contributed by atoms with E-state index >= 15 is 0 Å². The van der Waals surface area contributed by atoms with E-state index in [1.54, 1.807) is 31.4 Å². The average Bonchev–Trinajstić information content (AvgIpc) is 3.41. The molecule has 11 nitrogen and oxygen atoms in total. The molecule has 0 saturated carbocycles. The van der Waals surface area contributed by atoms with Crippen LogP contribution in [-0.2, 0) is 23.4 Å². The molecule has 2 fully saturated rings. The minimum atomic E-state index is -2.15. The Morgan fingerprint density at radius 1 is 1.16 bits per heavy atom. The molecule has 4 rings (SSSR count). The number of hydrogen-bond donors (Lipinski definition) is 2. The Labute approximate surface area is 225 Å².